The highest BCUT2D eigenvalue weighted by atomic mass is 16.1. The van der Waals surface area contributed by atoms with Crippen LogP contribution < -0.4 is 5.32 Å². The fourth-order valence-corrected chi connectivity index (χ4v) is 2.92. The maximum atomic E-state index is 11.6. The molecule has 1 aliphatic carbocycles. The van der Waals surface area contributed by atoms with Crippen LogP contribution in [0.4, 0.5) is 0 Å². The summed E-state index contributed by atoms with van der Waals surface area (Å²) in [6, 6.07) is 10.5. The van der Waals surface area contributed by atoms with Crippen LogP contribution in [0.15, 0.2) is 30.3 Å². The molecule has 2 rings (SSSR count). The van der Waals surface area contributed by atoms with Crippen LogP contribution in [0.5, 0.6) is 0 Å². The first-order chi connectivity index (χ1) is 8.31. The zero-order valence-corrected chi connectivity index (χ0v) is 10.5. The molecule has 1 unspecified atom stereocenters. The van der Waals surface area contributed by atoms with E-state index in [0.29, 0.717) is 18.3 Å². The highest BCUT2D eigenvalue weighted by Crippen LogP contribution is 2.39. The molecule has 1 aromatic carbocycles. The molecule has 0 bridgehead atoms. The van der Waals surface area contributed by atoms with Gasteiger partial charge in [0.15, 0.2) is 0 Å². The van der Waals surface area contributed by atoms with Gasteiger partial charge in [-0.05, 0) is 30.2 Å². The van der Waals surface area contributed by atoms with Crippen molar-refractivity contribution in [3.8, 4) is 0 Å². The molecule has 1 N–H and O–H groups in total. The van der Waals surface area contributed by atoms with Crippen molar-refractivity contribution in [2.24, 2.45) is 5.92 Å². The molecular weight excluding hydrogens is 210 g/mol. The van der Waals surface area contributed by atoms with Crippen molar-refractivity contribution in [3.63, 3.8) is 0 Å². The maximum absolute atomic E-state index is 11.6. The summed E-state index contributed by atoms with van der Waals surface area (Å²) in [5.74, 6) is 1.25. The average Bonchev–Trinajstić information content (AvgIpc) is 2.90. The van der Waals surface area contributed by atoms with Crippen molar-refractivity contribution in [2.45, 2.75) is 38.0 Å². The molecule has 0 aliphatic heterocycles. The lowest BCUT2D eigenvalue weighted by molar-refractivity contribution is -0.121. The second-order valence-electron chi connectivity index (χ2n) is 4.94. The van der Waals surface area contributed by atoms with Gasteiger partial charge in [-0.1, -0.05) is 43.2 Å². The number of nitrogens with one attached hydrogen (secondary N) is 1. The third-order valence-electron chi connectivity index (χ3n) is 3.88. The molecule has 1 amide bonds. The Bertz CT molecular complexity index is 354. The third-order valence-corrected chi connectivity index (χ3v) is 3.88. The highest BCUT2D eigenvalue weighted by Gasteiger charge is 2.27. The molecule has 0 aromatic heterocycles. The third kappa shape index (κ3) is 3.09. The molecule has 17 heavy (non-hydrogen) atoms. The Morgan fingerprint density at radius 2 is 1.94 bits per heavy atom. The van der Waals surface area contributed by atoms with Crippen molar-refractivity contribution in [1.29, 1.82) is 0 Å². The summed E-state index contributed by atoms with van der Waals surface area (Å²) >= 11 is 0. The van der Waals surface area contributed by atoms with Gasteiger partial charge in [-0.2, -0.15) is 0 Å². The van der Waals surface area contributed by atoms with Gasteiger partial charge >= 0.3 is 0 Å². The van der Waals surface area contributed by atoms with E-state index in [1.807, 2.05) is 6.07 Å². The van der Waals surface area contributed by atoms with E-state index in [0.717, 1.165) is 0 Å². The fraction of sp³-hybridized carbons (Fsp3) is 0.533. The summed E-state index contributed by atoms with van der Waals surface area (Å²) in [5.41, 5.74) is 1.32. The Hall–Kier alpha value is -1.31. The van der Waals surface area contributed by atoms with Crippen LogP contribution in [0.25, 0.3) is 0 Å². The molecule has 0 radical (unpaired) electrons. The average molecular weight is 231 g/mol. The van der Waals surface area contributed by atoms with Crippen LogP contribution in [0.1, 0.15) is 43.6 Å². The summed E-state index contributed by atoms with van der Waals surface area (Å²) in [5, 5.41) is 2.75. The first-order valence-corrected chi connectivity index (χ1v) is 6.57. The standard InChI is InChI=1S/C15H21NO/c1-16-15(17)11-14(13-9-5-6-10-13)12-7-3-2-4-8-12/h2-4,7-8,13-14H,5-6,9-11H2,1H3,(H,16,17). The SMILES string of the molecule is CNC(=O)CC(c1ccccc1)C1CCCC1. The van der Waals surface area contributed by atoms with Crippen LogP contribution in [-0.4, -0.2) is 13.0 Å². The van der Waals surface area contributed by atoms with E-state index < -0.39 is 0 Å². The second-order valence-corrected chi connectivity index (χ2v) is 4.94. The Morgan fingerprint density at radius 3 is 2.53 bits per heavy atom. The molecular formula is C15H21NO. The van der Waals surface area contributed by atoms with Gasteiger partial charge in [0, 0.05) is 13.5 Å². The highest BCUT2D eigenvalue weighted by molar-refractivity contribution is 5.76. The number of rotatable bonds is 4. The Kier molecular flexibility index (Phi) is 4.18. The minimum atomic E-state index is 0.158. The molecule has 92 valence electrons. The van der Waals surface area contributed by atoms with E-state index in [2.05, 4.69) is 29.6 Å². The zero-order chi connectivity index (χ0) is 12.1. The summed E-state index contributed by atoms with van der Waals surface area (Å²) < 4.78 is 0. The van der Waals surface area contributed by atoms with Crippen molar-refractivity contribution >= 4 is 5.91 Å². The normalized spacial score (nSPS) is 17.9. The summed E-state index contributed by atoms with van der Waals surface area (Å²) in [7, 11) is 1.72. The molecule has 0 heterocycles. The molecule has 1 aromatic rings. The van der Waals surface area contributed by atoms with Gasteiger partial charge in [-0.25, -0.2) is 0 Å². The van der Waals surface area contributed by atoms with E-state index in [1.54, 1.807) is 7.05 Å². The molecule has 0 saturated heterocycles. The number of carbonyl (C=O) groups is 1. The summed E-state index contributed by atoms with van der Waals surface area (Å²) in [6.45, 7) is 0. The van der Waals surface area contributed by atoms with Crippen LogP contribution in [0, 0.1) is 5.92 Å². The summed E-state index contributed by atoms with van der Waals surface area (Å²) in [6.07, 6.45) is 5.82. The Morgan fingerprint density at radius 1 is 1.29 bits per heavy atom. The Labute approximate surface area is 103 Å². The van der Waals surface area contributed by atoms with Gasteiger partial charge in [0.05, 0.1) is 0 Å². The van der Waals surface area contributed by atoms with Crippen LogP contribution in [-0.2, 0) is 4.79 Å². The van der Waals surface area contributed by atoms with Crippen molar-refractivity contribution in [1.82, 2.24) is 5.32 Å². The quantitative estimate of drug-likeness (QED) is 0.847. The summed E-state index contributed by atoms with van der Waals surface area (Å²) in [4.78, 5) is 11.6. The Balaban J connectivity index is 2.14. The maximum Gasteiger partial charge on any atom is 0.220 e. The smallest absolute Gasteiger partial charge is 0.220 e. The topological polar surface area (TPSA) is 29.1 Å². The van der Waals surface area contributed by atoms with Crippen LogP contribution >= 0.6 is 0 Å². The molecule has 2 heteroatoms. The van der Waals surface area contributed by atoms with E-state index in [1.165, 1.54) is 31.2 Å². The van der Waals surface area contributed by atoms with Gasteiger partial charge < -0.3 is 5.32 Å². The van der Waals surface area contributed by atoms with E-state index >= 15 is 0 Å². The predicted octanol–water partition coefficient (Wildman–Crippen LogP) is 3.10. The molecule has 1 saturated carbocycles. The first kappa shape index (κ1) is 12.2. The van der Waals surface area contributed by atoms with Gasteiger partial charge in [0.1, 0.15) is 0 Å². The number of hydrogen-bond acceptors (Lipinski definition) is 1. The van der Waals surface area contributed by atoms with Crippen molar-refractivity contribution in [2.75, 3.05) is 7.05 Å². The minimum absolute atomic E-state index is 0.158. The lowest BCUT2D eigenvalue weighted by Gasteiger charge is -2.23. The van der Waals surface area contributed by atoms with E-state index in [-0.39, 0.29) is 5.91 Å². The van der Waals surface area contributed by atoms with Gasteiger partial charge in [-0.3, -0.25) is 4.79 Å². The van der Waals surface area contributed by atoms with Crippen LogP contribution in [0.3, 0.4) is 0 Å². The predicted molar refractivity (Wildman–Crippen MR) is 69.8 cm³/mol. The first-order valence-electron chi connectivity index (χ1n) is 6.57. The van der Waals surface area contributed by atoms with Gasteiger partial charge in [0.25, 0.3) is 0 Å². The fourth-order valence-electron chi connectivity index (χ4n) is 2.92. The van der Waals surface area contributed by atoms with E-state index in [9.17, 15) is 4.79 Å². The molecule has 1 aliphatic rings. The lowest BCUT2D eigenvalue weighted by atomic mass is 9.82. The van der Waals surface area contributed by atoms with Gasteiger partial charge in [0.2, 0.25) is 5.91 Å². The molecule has 2 nitrogen and oxygen atoms in total. The number of hydrogen-bond donors (Lipinski definition) is 1. The minimum Gasteiger partial charge on any atom is -0.359 e. The second kappa shape index (κ2) is 5.85. The van der Waals surface area contributed by atoms with Crippen molar-refractivity contribution < 1.29 is 4.79 Å². The molecule has 0 spiro atoms. The largest absolute Gasteiger partial charge is 0.359 e. The molecule has 1 fully saturated rings. The lowest BCUT2D eigenvalue weighted by Crippen LogP contribution is -2.23. The number of benzene rings is 1. The van der Waals surface area contributed by atoms with Crippen molar-refractivity contribution in [3.05, 3.63) is 35.9 Å². The van der Waals surface area contributed by atoms with Gasteiger partial charge in [-0.15, -0.1) is 0 Å². The zero-order valence-electron chi connectivity index (χ0n) is 10.5. The number of amides is 1. The number of carbonyl (C=O) groups excluding carboxylic acids is 1. The monoisotopic (exact) mass is 231 g/mol. The van der Waals surface area contributed by atoms with Crippen LogP contribution in [0.2, 0.25) is 0 Å². The molecule has 1 atom stereocenters. The van der Waals surface area contributed by atoms with E-state index in [4.69, 9.17) is 0 Å².